The number of hydrogen-bond donors (Lipinski definition) is 0. The zero-order valence-corrected chi connectivity index (χ0v) is 37.2. The summed E-state index contributed by atoms with van der Waals surface area (Å²) in [6.07, 6.45) is 0. The molecule has 0 amide bonds. The molecule has 0 saturated heterocycles. The van der Waals surface area contributed by atoms with Gasteiger partial charge in [0.15, 0.2) is 0 Å². The van der Waals surface area contributed by atoms with Crippen molar-refractivity contribution in [3.8, 4) is 0 Å². The predicted molar refractivity (Wildman–Crippen MR) is 202 cm³/mol. The quantitative estimate of drug-likeness (QED) is 0.295. The lowest BCUT2D eigenvalue weighted by Gasteiger charge is -2.55. The largest absolute Gasteiger partial charge is 0.102 e. The van der Waals surface area contributed by atoms with E-state index in [0.717, 1.165) is 0 Å². The van der Waals surface area contributed by atoms with E-state index in [1.807, 2.05) is 20.7 Å². The van der Waals surface area contributed by atoms with Gasteiger partial charge < -0.3 is 0 Å². The first-order chi connectivity index (χ1) is 16.4. The Balaban J connectivity index is 2.60. The van der Waals surface area contributed by atoms with Gasteiger partial charge in [0.2, 0.25) is 0 Å². The Labute approximate surface area is 246 Å². The zero-order chi connectivity index (χ0) is 30.0. The SMILES string of the molecule is C[Si](C)(C)C1=C([Si](C)(C)C)[Si](C)(C)c2cc3c(cc2[Si]1(C)C)[Si](C)(C)C([Si](C)(C)C)=C([Si](C)(C)C)[Si]3(C)C. The third-order valence-corrected chi connectivity index (χ3v) is 48.9. The number of rotatable bonds is 4. The molecule has 0 fully saturated rings. The van der Waals surface area contributed by atoms with E-state index >= 15 is 0 Å². The number of benzene rings is 1. The smallest absolute Gasteiger partial charge is 0.0943 e. The van der Waals surface area contributed by atoms with E-state index in [1.54, 1.807) is 0 Å². The van der Waals surface area contributed by atoms with Crippen molar-refractivity contribution in [1.29, 1.82) is 0 Å². The molecule has 0 atom stereocenters. The van der Waals surface area contributed by atoms with Crippen molar-refractivity contribution in [2.45, 2.75) is 131 Å². The second kappa shape index (κ2) is 8.97. The second-order valence-corrected chi connectivity index (χ2v) is 58.1. The van der Waals surface area contributed by atoms with Crippen LogP contribution in [0.25, 0.3) is 0 Å². The fourth-order valence-corrected chi connectivity index (χ4v) is 73.4. The maximum atomic E-state index is 2.94. The first-order valence-corrected chi connectivity index (χ1v) is 41.2. The van der Waals surface area contributed by atoms with Crippen LogP contribution in [0.5, 0.6) is 0 Å². The van der Waals surface area contributed by atoms with Gasteiger partial charge in [0.05, 0.1) is 32.3 Å². The van der Waals surface area contributed by atoms with Crippen LogP contribution in [0.15, 0.2) is 31.4 Å². The second-order valence-electron chi connectivity index (χ2n) is 18.9. The van der Waals surface area contributed by atoms with Gasteiger partial charge in [-0.15, -0.1) is 0 Å². The first-order valence-electron chi connectivity index (χ1n) is 15.2. The van der Waals surface area contributed by atoms with Crippen molar-refractivity contribution in [2.75, 3.05) is 0 Å². The van der Waals surface area contributed by atoms with Gasteiger partial charge in [-0.25, -0.2) is 0 Å². The molecule has 8 heteroatoms. The minimum absolute atomic E-state index is 1.47. The van der Waals surface area contributed by atoms with Crippen LogP contribution in [-0.4, -0.2) is 64.6 Å². The van der Waals surface area contributed by atoms with Crippen LogP contribution in [0.4, 0.5) is 0 Å². The topological polar surface area (TPSA) is 0 Å². The molecule has 0 saturated carbocycles. The van der Waals surface area contributed by atoms with E-state index in [1.165, 1.54) is 0 Å². The molecule has 0 aliphatic carbocycles. The van der Waals surface area contributed by atoms with Crippen LogP contribution >= 0.6 is 0 Å². The van der Waals surface area contributed by atoms with E-state index < -0.39 is 64.6 Å². The molecule has 0 radical (unpaired) electrons. The molecule has 1 aromatic rings. The van der Waals surface area contributed by atoms with Gasteiger partial charge in [-0.3, -0.25) is 0 Å². The molecule has 214 valence electrons. The lowest BCUT2D eigenvalue weighted by atomic mass is 10.3. The van der Waals surface area contributed by atoms with Gasteiger partial charge in [0, 0.05) is 0 Å². The highest BCUT2D eigenvalue weighted by molar-refractivity contribution is 7.26. The molecule has 2 aliphatic rings. The number of hydrogen-bond acceptors (Lipinski definition) is 0. The van der Waals surface area contributed by atoms with Gasteiger partial charge in [-0.2, -0.15) is 0 Å². The van der Waals surface area contributed by atoms with E-state index in [2.05, 4.69) is 162 Å². The van der Waals surface area contributed by atoms with E-state index in [4.69, 9.17) is 0 Å². The Morgan fingerprint density at radius 2 is 0.447 bits per heavy atom. The Bertz CT molecular complexity index is 1040. The molecule has 0 aromatic heterocycles. The highest BCUT2D eigenvalue weighted by Crippen LogP contribution is 2.43. The zero-order valence-electron chi connectivity index (χ0n) is 29.2. The van der Waals surface area contributed by atoms with Crippen molar-refractivity contribution in [3.63, 3.8) is 0 Å². The monoisotopic (exact) mass is 646 g/mol. The molecule has 2 heterocycles. The molecular weight excluding hydrogens is 585 g/mol. The van der Waals surface area contributed by atoms with E-state index in [9.17, 15) is 0 Å². The molecule has 1 aromatic carbocycles. The summed E-state index contributed by atoms with van der Waals surface area (Å²) in [4.78, 5) is 8.29. The van der Waals surface area contributed by atoms with Crippen molar-refractivity contribution in [1.82, 2.24) is 0 Å². The van der Waals surface area contributed by atoms with Gasteiger partial charge in [0.1, 0.15) is 32.3 Å². The van der Waals surface area contributed by atoms with Crippen LogP contribution in [0.3, 0.4) is 0 Å². The fourth-order valence-electron chi connectivity index (χ4n) is 9.71. The van der Waals surface area contributed by atoms with Crippen molar-refractivity contribution in [2.24, 2.45) is 0 Å². The summed E-state index contributed by atoms with van der Waals surface area (Å²) in [5, 5.41) is 7.52. The molecule has 2 aliphatic heterocycles. The van der Waals surface area contributed by atoms with Gasteiger partial charge in [-0.1, -0.05) is 183 Å². The first kappa shape index (κ1) is 32.9. The van der Waals surface area contributed by atoms with Gasteiger partial charge in [-0.05, 0) is 0 Å². The average molecular weight is 648 g/mol. The Kier molecular flexibility index (Phi) is 7.78. The lowest BCUT2D eigenvalue weighted by molar-refractivity contribution is 1.53. The van der Waals surface area contributed by atoms with Crippen LogP contribution in [0.1, 0.15) is 0 Å². The van der Waals surface area contributed by atoms with Crippen LogP contribution in [0, 0.1) is 0 Å². The summed E-state index contributed by atoms with van der Waals surface area (Å²) in [7, 11) is -13.0. The van der Waals surface area contributed by atoms with E-state index in [0.29, 0.717) is 0 Å². The Hall–Kier alpha value is 0.435. The van der Waals surface area contributed by atoms with Crippen molar-refractivity contribution < 1.29 is 0 Å². The van der Waals surface area contributed by atoms with Crippen LogP contribution in [0.2, 0.25) is 131 Å². The van der Waals surface area contributed by atoms with Crippen LogP contribution < -0.4 is 20.7 Å². The maximum Gasteiger partial charge on any atom is 0.102 e. The summed E-state index contributed by atoms with van der Waals surface area (Å²) in [6, 6.07) is 5.88. The molecule has 3 rings (SSSR count). The molecule has 0 bridgehead atoms. The molecule has 38 heavy (non-hydrogen) atoms. The van der Waals surface area contributed by atoms with Gasteiger partial charge in [0.25, 0.3) is 0 Å². The van der Waals surface area contributed by atoms with Crippen LogP contribution in [-0.2, 0) is 0 Å². The number of fused-ring (bicyclic) bond motifs is 2. The summed E-state index contributed by atoms with van der Waals surface area (Å²) in [6.45, 7) is 54.2. The molecule has 0 spiro atoms. The molecule has 0 nitrogen and oxygen atoms in total. The Morgan fingerprint density at radius 1 is 0.316 bits per heavy atom. The lowest BCUT2D eigenvalue weighted by Crippen LogP contribution is -2.77. The summed E-state index contributed by atoms with van der Waals surface area (Å²) in [5.74, 6) is 0. The molecular formula is C30H62Si8. The highest BCUT2D eigenvalue weighted by atomic mass is 28.4. The highest BCUT2D eigenvalue weighted by Gasteiger charge is 2.56. The Morgan fingerprint density at radius 3 is 0.553 bits per heavy atom. The van der Waals surface area contributed by atoms with Crippen molar-refractivity contribution in [3.05, 3.63) is 31.4 Å². The minimum atomic E-state index is -1.77. The average Bonchev–Trinajstić information content (AvgIpc) is 2.63. The van der Waals surface area contributed by atoms with E-state index in [-0.39, 0.29) is 0 Å². The molecule has 0 unspecified atom stereocenters. The summed E-state index contributed by atoms with van der Waals surface area (Å²) >= 11 is 0. The third-order valence-electron chi connectivity index (χ3n) is 9.85. The minimum Gasteiger partial charge on any atom is -0.0943 e. The summed E-state index contributed by atoms with van der Waals surface area (Å²) in [5.41, 5.74) is 0. The van der Waals surface area contributed by atoms with Crippen molar-refractivity contribution >= 4 is 85.3 Å². The molecule has 0 N–H and O–H groups in total. The maximum absolute atomic E-state index is 2.94. The fraction of sp³-hybridized carbons (Fsp3) is 0.667. The summed E-state index contributed by atoms with van der Waals surface area (Å²) < 4.78 is 0. The predicted octanol–water partition coefficient (Wildman–Crippen LogP) is 7.64. The normalized spacial score (nSPS) is 22.8. The third kappa shape index (κ3) is 4.92. The van der Waals surface area contributed by atoms with Gasteiger partial charge >= 0.3 is 0 Å². The standard InChI is InChI=1S/C30H62Si8/c1-31(2,3)27-28(32(4,5)6)36(15,16)24-22-26-25(21-23(24)35(27,13)14)37(17,18)29(33(7,8)9)30(34(10,11)12)38(26,19)20/h21-22H,1-20H3.